The summed E-state index contributed by atoms with van der Waals surface area (Å²) in [5, 5.41) is 3.12. The zero-order valence-corrected chi connectivity index (χ0v) is 14.8. The van der Waals surface area contributed by atoms with Crippen molar-refractivity contribution in [2.24, 2.45) is 5.92 Å². The number of nitrogens with one attached hydrogen (secondary N) is 1. The second kappa shape index (κ2) is 8.88. The number of amides is 1. The Bertz CT molecular complexity index is 347. The van der Waals surface area contributed by atoms with Crippen molar-refractivity contribution in [2.75, 3.05) is 33.2 Å². The molecule has 2 aliphatic rings. The van der Waals surface area contributed by atoms with E-state index in [2.05, 4.69) is 36.0 Å². The molecule has 4 heteroatoms. The molecule has 0 aromatic carbocycles. The molecule has 0 aliphatic carbocycles. The molecule has 1 N–H and O–H groups in total. The minimum Gasteiger partial charge on any atom is -0.356 e. The number of unbranched alkanes of at least 4 members (excludes halogenated alkanes) is 1. The smallest absolute Gasteiger partial charge is 0.224 e. The van der Waals surface area contributed by atoms with Gasteiger partial charge in [-0.25, -0.2) is 0 Å². The quantitative estimate of drug-likeness (QED) is 0.734. The molecule has 0 radical (unpaired) electrons. The van der Waals surface area contributed by atoms with Crippen LogP contribution in [0.4, 0.5) is 0 Å². The van der Waals surface area contributed by atoms with Crippen LogP contribution >= 0.6 is 0 Å². The molecule has 3 atom stereocenters. The van der Waals surface area contributed by atoms with Crippen LogP contribution in [0.1, 0.15) is 58.8 Å². The van der Waals surface area contributed by atoms with Crippen LogP contribution in [0.15, 0.2) is 0 Å². The van der Waals surface area contributed by atoms with Crippen molar-refractivity contribution < 1.29 is 4.79 Å². The Balaban J connectivity index is 1.76. The maximum atomic E-state index is 12.3. The predicted molar refractivity (Wildman–Crippen MR) is 91.9 cm³/mol. The molecular formula is C18H35N3O. The lowest BCUT2D eigenvalue weighted by atomic mass is 9.92. The summed E-state index contributed by atoms with van der Waals surface area (Å²) in [5.41, 5.74) is 0. The first kappa shape index (κ1) is 17.7. The van der Waals surface area contributed by atoms with Crippen LogP contribution in [0.2, 0.25) is 0 Å². The Hall–Kier alpha value is -0.610. The normalized spacial score (nSPS) is 30.6. The first-order valence-electron chi connectivity index (χ1n) is 9.33. The van der Waals surface area contributed by atoms with Gasteiger partial charge in [0, 0.05) is 25.2 Å². The van der Waals surface area contributed by atoms with Crippen molar-refractivity contribution >= 4 is 5.91 Å². The Morgan fingerprint density at radius 3 is 2.77 bits per heavy atom. The highest BCUT2D eigenvalue weighted by Gasteiger charge is 2.30. The van der Waals surface area contributed by atoms with Crippen LogP contribution in [0.3, 0.4) is 0 Å². The Morgan fingerprint density at radius 1 is 1.27 bits per heavy atom. The summed E-state index contributed by atoms with van der Waals surface area (Å²) in [6.07, 6.45) is 8.39. The van der Waals surface area contributed by atoms with Crippen molar-refractivity contribution in [2.45, 2.75) is 70.9 Å². The van der Waals surface area contributed by atoms with Gasteiger partial charge < -0.3 is 10.2 Å². The molecule has 2 rings (SSSR count). The van der Waals surface area contributed by atoms with E-state index in [1.54, 1.807) is 0 Å². The van der Waals surface area contributed by atoms with Crippen molar-refractivity contribution in [3.63, 3.8) is 0 Å². The van der Waals surface area contributed by atoms with Gasteiger partial charge >= 0.3 is 0 Å². The van der Waals surface area contributed by atoms with E-state index in [-0.39, 0.29) is 11.8 Å². The Labute approximate surface area is 136 Å². The molecule has 2 heterocycles. The summed E-state index contributed by atoms with van der Waals surface area (Å²) >= 11 is 0. The van der Waals surface area contributed by atoms with Gasteiger partial charge in [0.05, 0.1) is 5.92 Å². The molecular weight excluding hydrogens is 274 g/mol. The number of rotatable bonds is 7. The molecule has 0 saturated carbocycles. The van der Waals surface area contributed by atoms with Crippen molar-refractivity contribution in [1.29, 1.82) is 0 Å². The molecule has 2 fully saturated rings. The molecule has 0 aromatic heterocycles. The minimum absolute atomic E-state index is 0.203. The third kappa shape index (κ3) is 4.95. The topological polar surface area (TPSA) is 35.6 Å². The highest BCUT2D eigenvalue weighted by molar-refractivity contribution is 5.78. The molecule has 0 spiro atoms. The average Bonchev–Trinajstić information content (AvgIpc) is 2.92. The highest BCUT2D eigenvalue weighted by Crippen LogP contribution is 2.24. The van der Waals surface area contributed by atoms with Gasteiger partial charge in [-0.05, 0) is 65.6 Å². The van der Waals surface area contributed by atoms with Crippen LogP contribution in [-0.2, 0) is 4.79 Å². The number of carbonyl (C=O) groups excluding carboxylic acids is 1. The second-order valence-electron chi connectivity index (χ2n) is 7.33. The molecule has 4 nitrogen and oxygen atoms in total. The SMILES string of the molecule is CCCCNC(=O)C1CCC(C)N(CCC2CCCN2C)C1. The van der Waals surface area contributed by atoms with Gasteiger partial charge in [-0.15, -0.1) is 0 Å². The highest BCUT2D eigenvalue weighted by atomic mass is 16.1. The fourth-order valence-electron chi connectivity index (χ4n) is 3.90. The predicted octanol–water partition coefficient (Wildman–Crippen LogP) is 2.49. The van der Waals surface area contributed by atoms with Crippen LogP contribution < -0.4 is 5.32 Å². The summed E-state index contributed by atoms with van der Waals surface area (Å²) < 4.78 is 0. The van der Waals surface area contributed by atoms with Gasteiger partial charge in [0.15, 0.2) is 0 Å². The van der Waals surface area contributed by atoms with E-state index in [1.807, 2.05) is 0 Å². The minimum atomic E-state index is 0.203. The van der Waals surface area contributed by atoms with E-state index in [0.29, 0.717) is 6.04 Å². The summed E-state index contributed by atoms with van der Waals surface area (Å²) in [7, 11) is 2.25. The lowest BCUT2D eigenvalue weighted by Gasteiger charge is -2.38. The monoisotopic (exact) mass is 309 g/mol. The van der Waals surface area contributed by atoms with Crippen molar-refractivity contribution in [3.8, 4) is 0 Å². The van der Waals surface area contributed by atoms with Gasteiger partial charge in [0.25, 0.3) is 0 Å². The molecule has 1 amide bonds. The lowest BCUT2D eigenvalue weighted by Crippen LogP contribution is -2.48. The Kier molecular flexibility index (Phi) is 7.16. The number of nitrogens with zero attached hydrogens (tertiary/aromatic N) is 2. The molecule has 2 aliphatic heterocycles. The van der Waals surface area contributed by atoms with Crippen molar-refractivity contribution in [1.82, 2.24) is 15.1 Å². The van der Waals surface area contributed by atoms with E-state index in [9.17, 15) is 4.79 Å². The van der Waals surface area contributed by atoms with Crippen LogP contribution in [0, 0.1) is 5.92 Å². The van der Waals surface area contributed by atoms with Gasteiger partial charge in [-0.1, -0.05) is 13.3 Å². The number of likely N-dealkylation sites (tertiary alicyclic amines) is 2. The molecule has 128 valence electrons. The second-order valence-corrected chi connectivity index (χ2v) is 7.33. The van der Waals surface area contributed by atoms with Gasteiger partial charge in [-0.2, -0.15) is 0 Å². The number of hydrogen-bond donors (Lipinski definition) is 1. The van der Waals surface area contributed by atoms with Gasteiger partial charge in [0.2, 0.25) is 5.91 Å². The summed E-state index contributed by atoms with van der Waals surface area (Å²) in [6.45, 7) is 8.68. The Morgan fingerprint density at radius 2 is 2.09 bits per heavy atom. The molecule has 2 saturated heterocycles. The fourth-order valence-corrected chi connectivity index (χ4v) is 3.90. The maximum absolute atomic E-state index is 12.3. The van der Waals surface area contributed by atoms with E-state index < -0.39 is 0 Å². The van der Waals surface area contributed by atoms with Crippen LogP contribution in [0.25, 0.3) is 0 Å². The third-order valence-corrected chi connectivity index (χ3v) is 5.63. The molecule has 0 bridgehead atoms. The van der Waals surface area contributed by atoms with E-state index >= 15 is 0 Å². The first-order valence-corrected chi connectivity index (χ1v) is 9.33. The standard InChI is InChI=1S/C18H35N3O/c1-4-5-11-19-18(22)16-9-8-15(2)21(14-16)13-10-17-7-6-12-20(17)3/h15-17H,4-14H2,1-3H3,(H,19,22). The number of piperidine rings is 1. The summed E-state index contributed by atoms with van der Waals surface area (Å²) in [4.78, 5) is 17.4. The zero-order chi connectivity index (χ0) is 15.9. The number of hydrogen-bond acceptors (Lipinski definition) is 3. The largest absolute Gasteiger partial charge is 0.356 e. The fraction of sp³-hybridized carbons (Fsp3) is 0.944. The average molecular weight is 309 g/mol. The van der Waals surface area contributed by atoms with Gasteiger partial charge in [0.1, 0.15) is 0 Å². The molecule has 22 heavy (non-hydrogen) atoms. The summed E-state index contributed by atoms with van der Waals surface area (Å²) in [6, 6.07) is 1.39. The third-order valence-electron chi connectivity index (χ3n) is 5.63. The van der Waals surface area contributed by atoms with E-state index in [0.717, 1.165) is 51.4 Å². The zero-order valence-electron chi connectivity index (χ0n) is 14.8. The molecule has 3 unspecified atom stereocenters. The van der Waals surface area contributed by atoms with Gasteiger partial charge in [-0.3, -0.25) is 9.69 Å². The van der Waals surface area contributed by atoms with E-state index in [4.69, 9.17) is 0 Å². The van der Waals surface area contributed by atoms with Crippen LogP contribution in [-0.4, -0.2) is 61.0 Å². The maximum Gasteiger partial charge on any atom is 0.224 e. The first-order chi connectivity index (χ1) is 10.6. The number of carbonyl (C=O) groups is 1. The summed E-state index contributed by atoms with van der Waals surface area (Å²) in [5.74, 6) is 0.484. The van der Waals surface area contributed by atoms with Crippen LogP contribution in [0.5, 0.6) is 0 Å². The molecule has 0 aromatic rings. The lowest BCUT2D eigenvalue weighted by molar-refractivity contribution is -0.127. The van der Waals surface area contributed by atoms with E-state index in [1.165, 1.54) is 25.8 Å². The van der Waals surface area contributed by atoms with Crippen molar-refractivity contribution in [3.05, 3.63) is 0 Å².